The van der Waals surface area contributed by atoms with Crippen LogP contribution in [0.3, 0.4) is 0 Å². The first-order chi connectivity index (χ1) is 7.65. The lowest BCUT2D eigenvalue weighted by Crippen LogP contribution is -2.34. The highest BCUT2D eigenvalue weighted by Crippen LogP contribution is 2.10. The maximum Gasteiger partial charge on any atom is 0.323 e. The van der Waals surface area contributed by atoms with Crippen LogP contribution in [0, 0.1) is 0 Å². The lowest BCUT2D eigenvalue weighted by atomic mass is 10.4. The maximum absolute atomic E-state index is 11.2. The topological polar surface area (TPSA) is 83.0 Å². The van der Waals surface area contributed by atoms with Crippen LogP contribution in [0.25, 0.3) is 0 Å². The van der Waals surface area contributed by atoms with Crippen LogP contribution in [0.2, 0.25) is 0 Å². The molecule has 0 radical (unpaired) electrons. The number of carbonyl (C=O) groups excluding carboxylic acids is 1. The molecule has 1 atom stereocenters. The van der Waals surface area contributed by atoms with E-state index < -0.39 is 6.04 Å². The smallest absolute Gasteiger partial charge is 0.323 e. The molecule has 16 heavy (non-hydrogen) atoms. The minimum absolute atomic E-state index is 0.354. The Labute approximate surface area is 98.6 Å². The van der Waals surface area contributed by atoms with Gasteiger partial charge in [-0.1, -0.05) is 0 Å². The second kappa shape index (κ2) is 6.49. The second-order valence-corrected chi connectivity index (χ2v) is 4.20. The summed E-state index contributed by atoms with van der Waals surface area (Å²) in [6.45, 7) is 2.12. The van der Waals surface area contributed by atoms with Crippen LogP contribution in [0.4, 0.5) is 0 Å². The molecule has 1 rings (SSSR count). The Morgan fingerprint density at radius 2 is 2.50 bits per heavy atom. The molecule has 0 fully saturated rings. The lowest BCUT2D eigenvalue weighted by Gasteiger charge is -2.09. The molecule has 0 amide bonds. The molecule has 1 unspecified atom stereocenters. The Balaban J connectivity index is 2.25. The van der Waals surface area contributed by atoms with Gasteiger partial charge >= 0.3 is 5.97 Å². The van der Waals surface area contributed by atoms with Crippen LogP contribution in [0.15, 0.2) is 6.33 Å². The molecule has 0 aliphatic rings. The van der Waals surface area contributed by atoms with E-state index in [1.54, 1.807) is 11.6 Å². The third-order valence-corrected chi connectivity index (χ3v) is 2.98. The highest BCUT2D eigenvalue weighted by molar-refractivity contribution is 7.98. The van der Waals surface area contributed by atoms with Gasteiger partial charge in [0.15, 0.2) is 0 Å². The Hall–Kier alpha value is -1.08. The van der Waals surface area contributed by atoms with E-state index in [-0.39, 0.29) is 5.97 Å². The zero-order valence-corrected chi connectivity index (χ0v) is 10.2. The fourth-order valence-electron chi connectivity index (χ4n) is 1.05. The zero-order chi connectivity index (χ0) is 12.0. The molecule has 1 heterocycles. The molecular formula is C9H16N4O2S. The van der Waals surface area contributed by atoms with Gasteiger partial charge < -0.3 is 10.5 Å². The number of rotatable bonds is 6. The van der Waals surface area contributed by atoms with Crippen LogP contribution < -0.4 is 5.73 Å². The summed E-state index contributed by atoms with van der Waals surface area (Å²) in [7, 11) is 1.83. The molecule has 0 bridgehead atoms. The Morgan fingerprint density at radius 3 is 3.06 bits per heavy atom. The summed E-state index contributed by atoms with van der Waals surface area (Å²) in [5.74, 6) is 1.71. The molecule has 2 N–H and O–H groups in total. The molecule has 0 aliphatic heterocycles. The Morgan fingerprint density at radius 1 is 1.75 bits per heavy atom. The number of nitrogens with zero attached hydrogens (tertiary/aromatic N) is 3. The van der Waals surface area contributed by atoms with Crippen molar-refractivity contribution in [1.82, 2.24) is 14.8 Å². The van der Waals surface area contributed by atoms with E-state index in [0.29, 0.717) is 18.1 Å². The fraction of sp³-hybridized carbons (Fsp3) is 0.667. The van der Waals surface area contributed by atoms with Gasteiger partial charge in [-0.2, -0.15) is 16.9 Å². The van der Waals surface area contributed by atoms with Gasteiger partial charge in [-0.3, -0.25) is 9.48 Å². The van der Waals surface area contributed by atoms with Crippen LogP contribution in [-0.2, 0) is 22.3 Å². The van der Waals surface area contributed by atoms with E-state index in [1.807, 2.05) is 7.05 Å². The van der Waals surface area contributed by atoms with Gasteiger partial charge in [-0.05, 0) is 6.92 Å². The van der Waals surface area contributed by atoms with Gasteiger partial charge in [0.05, 0.1) is 12.4 Å². The molecular weight excluding hydrogens is 228 g/mol. The van der Waals surface area contributed by atoms with Gasteiger partial charge in [-0.15, -0.1) is 0 Å². The van der Waals surface area contributed by atoms with Crippen molar-refractivity contribution in [2.24, 2.45) is 12.8 Å². The molecule has 0 saturated heterocycles. The summed E-state index contributed by atoms with van der Waals surface area (Å²) < 4.78 is 6.50. The number of thioether (sulfide) groups is 1. The maximum atomic E-state index is 11.2. The van der Waals surface area contributed by atoms with E-state index in [1.165, 1.54) is 18.1 Å². The number of aryl methyl sites for hydroxylation is 1. The van der Waals surface area contributed by atoms with Crippen molar-refractivity contribution in [3.8, 4) is 0 Å². The predicted molar refractivity (Wildman–Crippen MR) is 61.8 cm³/mol. The molecule has 0 spiro atoms. The molecule has 6 nitrogen and oxygen atoms in total. The number of hydrogen-bond donors (Lipinski definition) is 1. The van der Waals surface area contributed by atoms with Crippen LogP contribution in [0.1, 0.15) is 12.7 Å². The third-order valence-electron chi connectivity index (χ3n) is 1.92. The first-order valence-corrected chi connectivity index (χ1v) is 6.13. The number of aromatic nitrogens is 3. The number of ether oxygens (including phenoxy) is 1. The van der Waals surface area contributed by atoms with Crippen molar-refractivity contribution in [3.63, 3.8) is 0 Å². The monoisotopic (exact) mass is 244 g/mol. The SMILES string of the molecule is CCOC(=O)C(N)CSCc1ncnn1C. The van der Waals surface area contributed by atoms with Crippen LogP contribution in [-0.4, -0.2) is 39.1 Å². The third kappa shape index (κ3) is 3.82. The molecule has 0 saturated carbocycles. The molecule has 90 valence electrons. The number of carbonyl (C=O) groups is 1. The Kier molecular flexibility index (Phi) is 5.27. The largest absolute Gasteiger partial charge is 0.465 e. The first kappa shape index (κ1) is 13.0. The highest BCUT2D eigenvalue weighted by Gasteiger charge is 2.14. The first-order valence-electron chi connectivity index (χ1n) is 4.98. The normalized spacial score (nSPS) is 12.4. The average molecular weight is 244 g/mol. The second-order valence-electron chi connectivity index (χ2n) is 3.17. The minimum atomic E-state index is -0.571. The Bertz CT molecular complexity index is 342. The van der Waals surface area contributed by atoms with Gasteiger partial charge in [-0.25, -0.2) is 4.98 Å². The summed E-state index contributed by atoms with van der Waals surface area (Å²) >= 11 is 1.54. The van der Waals surface area contributed by atoms with Crippen LogP contribution >= 0.6 is 11.8 Å². The highest BCUT2D eigenvalue weighted by atomic mass is 32.2. The fourth-order valence-corrected chi connectivity index (χ4v) is 2.00. The van der Waals surface area contributed by atoms with Crippen molar-refractivity contribution in [2.45, 2.75) is 18.7 Å². The summed E-state index contributed by atoms with van der Waals surface area (Å²) in [6.07, 6.45) is 1.50. The summed E-state index contributed by atoms with van der Waals surface area (Å²) in [5.41, 5.74) is 5.64. The van der Waals surface area contributed by atoms with Gasteiger partial charge in [0.2, 0.25) is 0 Å². The number of esters is 1. The summed E-state index contributed by atoms with van der Waals surface area (Å²) in [4.78, 5) is 15.3. The average Bonchev–Trinajstić information content (AvgIpc) is 2.65. The zero-order valence-electron chi connectivity index (χ0n) is 9.42. The number of nitrogens with two attached hydrogens (primary N) is 1. The van der Waals surface area contributed by atoms with E-state index in [0.717, 1.165) is 5.82 Å². The minimum Gasteiger partial charge on any atom is -0.465 e. The van der Waals surface area contributed by atoms with Gasteiger partial charge in [0, 0.05) is 12.8 Å². The van der Waals surface area contributed by atoms with Crippen molar-refractivity contribution < 1.29 is 9.53 Å². The van der Waals surface area contributed by atoms with E-state index in [4.69, 9.17) is 10.5 Å². The summed E-state index contributed by atoms with van der Waals surface area (Å²) in [5, 5.41) is 3.95. The number of hydrogen-bond acceptors (Lipinski definition) is 6. The van der Waals surface area contributed by atoms with Crippen molar-refractivity contribution in [1.29, 1.82) is 0 Å². The predicted octanol–water partition coefficient (Wildman–Crippen LogP) is -0.0613. The van der Waals surface area contributed by atoms with Gasteiger partial charge in [0.25, 0.3) is 0 Å². The summed E-state index contributed by atoms with van der Waals surface area (Å²) in [6, 6.07) is -0.571. The van der Waals surface area contributed by atoms with E-state index in [9.17, 15) is 4.79 Å². The van der Waals surface area contributed by atoms with Gasteiger partial charge in [0.1, 0.15) is 18.2 Å². The van der Waals surface area contributed by atoms with Crippen molar-refractivity contribution >= 4 is 17.7 Å². The standard InChI is InChI=1S/C9H16N4O2S/c1-3-15-9(14)7(10)4-16-5-8-11-6-12-13(8)2/h6-7H,3-5,10H2,1-2H3. The molecule has 1 aromatic rings. The molecule has 7 heteroatoms. The van der Waals surface area contributed by atoms with E-state index in [2.05, 4.69) is 10.1 Å². The van der Waals surface area contributed by atoms with E-state index >= 15 is 0 Å². The quantitative estimate of drug-likeness (QED) is 0.706. The van der Waals surface area contributed by atoms with Crippen molar-refractivity contribution in [3.05, 3.63) is 12.2 Å². The van der Waals surface area contributed by atoms with Crippen molar-refractivity contribution in [2.75, 3.05) is 12.4 Å². The van der Waals surface area contributed by atoms with Crippen LogP contribution in [0.5, 0.6) is 0 Å². The molecule has 0 aromatic carbocycles. The lowest BCUT2D eigenvalue weighted by molar-refractivity contribution is -0.144. The molecule has 0 aliphatic carbocycles. The molecule has 1 aromatic heterocycles.